The monoisotopic (exact) mass is 303 g/mol. The lowest BCUT2D eigenvalue weighted by atomic mass is 9.92. The Kier molecular flexibility index (Phi) is 2.64. The highest BCUT2D eigenvalue weighted by molar-refractivity contribution is 5.86. The molecule has 1 atom stereocenters. The molecule has 20 heavy (non-hydrogen) atoms. The van der Waals surface area contributed by atoms with Crippen LogP contribution in [0.4, 0.5) is 0 Å². The van der Waals surface area contributed by atoms with Crippen molar-refractivity contribution >= 4 is 11.9 Å². The van der Waals surface area contributed by atoms with E-state index in [2.05, 4.69) is 16.1 Å². The molecular weight excluding hydrogens is 266 g/mol. The summed E-state index contributed by atoms with van der Waals surface area (Å²) in [5.41, 5.74) is -3.30. The molecule has 0 rings (SSSR count). The summed E-state index contributed by atoms with van der Waals surface area (Å²) < 4.78 is 105. The Hall–Kier alpha value is -1.92. The summed E-state index contributed by atoms with van der Waals surface area (Å²) >= 11 is 0. The molecule has 0 fully saturated rings. The van der Waals surface area contributed by atoms with Gasteiger partial charge < -0.3 is 9.47 Å². The molecule has 0 aliphatic rings. The van der Waals surface area contributed by atoms with Gasteiger partial charge in [-0.1, -0.05) is 13.4 Å². The third kappa shape index (κ3) is 8.23. The molecule has 0 bridgehead atoms. The molecule has 0 aromatic carbocycles. The highest BCUT2D eigenvalue weighted by Gasteiger charge is 2.35. The number of ether oxygens (including phenoxy) is 2. The molecule has 0 aliphatic heterocycles. The summed E-state index contributed by atoms with van der Waals surface area (Å²) in [5, 5.41) is 10.9. The number of hydrogen-bond acceptors (Lipinski definition) is 6. The molecule has 0 amide bonds. The van der Waals surface area contributed by atoms with Crippen molar-refractivity contribution in [3.05, 3.63) is 22.3 Å². The van der Waals surface area contributed by atoms with E-state index in [1.807, 2.05) is 0 Å². The van der Waals surface area contributed by atoms with Crippen LogP contribution in [0.5, 0.6) is 0 Å². The molecule has 0 N–H and O–H groups in total. The summed E-state index contributed by atoms with van der Waals surface area (Å²) in [6.07, 6.45) is -3.18. The van der Waals surface area contributed by atoms with Gasteiger partial charge in [0.1, 0.15) is 0 Å². The lowest BCUT2D eigenvalue weighted by Crippen LogP contribution is -2.35. The molecule has 7 nitrogen and oxygen atoms in total. The zero-order valence-electron chi connectivity index (χ0n) is 24.7. The van der Waals surface area contributed by atoms with Crippen LogP contribution in [0.15, 0.2) is 12.2 Å². The van der Waals surface area contributed by atoms with Gasteiger partial charge in [-0.15, -0.1) is 0 Å². The van der Waals surface area contributed by atoms with Gasteiger partial charge in [0.15, 0.2) is 0 Å². The van der Waals surface area contributed by atoms with Crippen LogP contribution in [0.1, 0.15) is 53.1 Å². The summed E-state index contributed by atoms with van der Waals surface area (Å²) in [4.78, 5) is 32.3. The van der Waals surface area contributed by atoms with Gasteiger partial charge in [0.25, 0.3) is 0 Å². The van der Waals surface area contributed by atoms with Crippen LogP contribution in [0.3, 0.4) is 0 Å². The van der Waals surface area contributed by atoms with Crippen LogP contribution in [-0.4, -0.2) is 36.5 Å². The minimum absolute atomic E-state index is 0.800. The SMILES string of the molecule is [2H]C([2H])([2H])OC(=O)C(=C)C([2H])([2H])[2H].[2H]C([2H])([2H])OC(=O)C(C([2H])([2H])[2H])C([2H])([2H])C(C)(C)[N+](=O)[O-]. The molecule has 7 heteroatoms. The van der Waals surface area contributed by atoms with Crippen LogP contribution in [0.25, 0.3) is 0 Å². The fourth-order valence-corrected chi connectivity index (χ4v) is 0.585. The Balaban J connectivity index is 0. The second kappa shape index (κ2) is 9.06. The Labute approximate surface area is 138 Å². The van der Waals surface area contributed by atoms with E-state index >= 15 is 0 Å². The van der Waals surface area contributed by atoms with E-state index in [4.69, 9.17) is 19.2 Å². The molecule has 1 unspecified atom stereocenters. The maximum absolute atomic E-state index is 11.7. The zero-order chi connectivity index (χ0) is 28.3. The third-order valence-electron chi connectivity index (χ3n) is 1.63. The summed E-state index contributed by atoms with van der Waals surface area (Å²) in [6.45, 7) is -1.52. The maximum Gasteiger partial charge on any atom is 0.332 e. The smallest absolute Gasteiger partial charge is 0.332 e. The van der Waals surface area contributed by atoms with Gasteiger partial charge in [-0.25, -0.2) is 4.79 Å². The summed E-state index contributed by atoms with van der Waals surface area (Å²) in [7, 11) is -6.22. The van der Waals surface area contributed by atoms with Crippen molar-refractivity contribution in [2.24, 2.45) is 5.92 Å². The third-order valence-corrected chi connectivity index (χ3v) is 1.63. The minimum Gasteiger partial charge on any atom is -0.469 e. The number of esters is 2. The van der Waals surface area contributed by atoms with Gasteiger partial charge in [0.05, 0.1) is 28.2 Å². The normalized spacial score (nSPS) is 25.1. The Morgan fingerprint density at radius 3 is 2.45 bits per heavy atom. The van der Waals surface area contributed by atoms with Crippen molar-refractivity contribution in [2.45, 2.75) is 39.5 Å². The van der Waals surface area contributed by atoms with Gasteiger partial charge in [-0.05, 0) is 6.85 Å². The van der Waals surface area contributed by atoms with Crippen LogP contribution in [-0.2, 0) is 19.1 Å². The topological polar surface area (TPSA) is 95.7 Å². The molecule has 0 saturated heterocycles. The summed E-state index contributed by atoms with van der Waals surface area (Å²) in [6, 6.07) is 0. The molecular formula is C13H23NO6. The van der Waals surface area contributed by atoms with Crippen molar-refractivity contribution < 1.29 is 43.2 Å². The van der Waals surface area contributed by atoms with Gasteiger partial charge >= 0.3 is 11.9 Å². The molecule has 0 radical (unpaired) electrons. The van der Waals surface area contributed by atoms with Crippen LogP contribution in [0, 0.1) is 16.0 Å². The molecule has 0 saturated carbocycles. The predicted octanol–water partition coefficient (Wildman–Crippen LogP) is 1.98. The van der Waals surface area contributed by atoms with E-state index in [-0.39, 0.29) is 0 Å². The number of rotatable bonds is 5. The molecule has 0 aliphatic carbocycles. The molecule has 0 aromatic heterocycles. The standard InChI is InChI=1S/C8H15NO4.C5H8O2/c1-6(7(10)13-4)5-8(2,3)9(11)12;1-4(2)5(6)7-3/h6H,5H2,1-4H3;1H2,2-3H3/i1D3,4D3,5D2;2D3,3D3. The molecule has 0 aromatic rings. The first kappa shape index (κ1) is 5.83. The fourth-order valence-electron chi connectivity index (χ4n) is 0.585. The average molecular weight is 303 g/mol. The van der Waals surface area contributed by atoms with Gasteiger partial charge in [0.2, 0.25) is 5.54 Å². The van der Waals surface area contributed by atoms with Crippen LogP contribution < -0.4 is 0 Å². The lowest BCUT2D eigenvalue weighted by molar-refractivity contribution is -0.562. The fraction of sp³-hybridized carbons (Fsp3) is 0.692. The van der Waals surface area contributed by atoms with Crippen LogP contribution >= 0.6 is 0 Å². The highest BCUT2D eigenvalue weighted by Crippen LogP contribution is 2.20. The second-order valence-corrected chi connectivity index (χ2v) is 3.68. The van der Waals surface area contributed by atoms with Crippen molar-refractivity contribution in [1.29, 1.82) is 0 Å². The van der Waals surface area contributed by atoms with E-state index in [1.54, 1.807) is 0 Å². The average Bonchev–Trinajstić information content (AvgIpc) is 2.47. The number of nitro groups is 1. The zero-order valence-corrected chi connectivity index (χ0v) is 10.7. The quantitative estimate of drug-likeness (QED) is 0.333. The second-order valence-electron chi connectivity index (χ2n) is 3.68. The number of carbonyl (C=O) groups is 2. The van der Waals surface area contributed by atoms with E-state index in [0.717, 1.165) is 13.8 Å². The van der Waals surface area contributed by atoms with Crippen molar-refractivity contribution in [3.8, 4) is 0 Å². The predicted molar refractivity (Wildman–Crippen MR) is 73.7 cm³/mol. The van der Waals surface area contributed by atoms with Gasteiger partial charge in [0, 0.05) is 41.7 Å². The Morgan fingerprint density at radius 1 is 1.45 bits per heavy atom. The largest absolute Gasteiger partial charge is 0.469 e. The minimum atomic E-state index is -3.32. The lowest BCUT2D eigenvalue weighted by Gasteiger charge is -2.18. The van der Waals surface area contributed by atoms with E-state index in [1.165, 1.54) is 0 Å². The van der Waals surface area contributed by atoms with Crippen LogP contribution in [0.2, 0.25) is 0 Å². The number of methoxy groups -OCH3 is 2. The highest BCUT2D eigenvalue weighted by atomic mass is 16.6. The number of carbonyl (C=O) groups excluding carboxylic acids is 2. The van der Waals surface area contributed by atoms with E-state index in [0.29, 0.717) is 0 Å². The first-order chi connectivity index (χ1) is 14.5. The summed E-state index contributed by atoms with van der Waals surface area (Å²) in [5.74, 6) is -5.93. The number of hydrogen-bond donors (Lipinski definition) is 0. The Bertz CT molecular complexity index is 777. The first-order valence-corrected chi connectivity index (χ1v) is 4.78. The van der Waals surface area contributed by atoms with E-state index in [9.17, 15) is 19.7 Å². The molecule has 116 valence electrons. The molecule has 0 heterocycles. The van der Waals surface area contributed by atoms with Gasteiger partial charge in [-0.3, -0.25) is 14.9 Å². The maximum atomic E-state index is 11.7. The van der Waals surface area contributed by atoms with Crippen molar-refractivity contribution in [1.82, 2.24) is 0 Å². The molecule has 0 spiro atoms. The Morgan fingerprint density at radius 2 is 2.05 bits per heavy atom. The van der Waals surface area contributed by atoms with Crippen molar-refractivity contribution in [3.63, 3.8) is 0 Å². The van der Waals surface area contributed by atoms with Gasteiger partial charge in [-0.2, -0.15) is 0 Å². The van der Waals surface area contributed by atoms with Crippen molar-refractivity contribution in [2.75, 3.05) is 14.1 Å². The van der Waals surface area contributed by atoms with E-state index < -0.39 is 68.0 Å². The number of nitrogens with zero attached hydrogens (tertiary/aromatic N) is 1. The first-order valence-electron chi connectivity index (χ1n) is 11.8.